The highest BCUT2D eigenvalue weighted by molar-refractivity contribution is 7.91. The minimum absolute atomic E-state index is 0.0218. The van der Waals surface area contributed by atoms with E-state index in [-0.39, 0.29) is 21.3 Å². The highest BCUT2D eigenvalue weighted by Crippen LogP contribution is 2.28. The Kier molecular flexibility index (Phi) is 8.25. The molecule has 0 aromatic heterocycles. The summed E-state index contributed by atoms with van der Waals surface area (Å²) in [4.78, 5) is 13.0. The Labute approximate surface area is 196 Å². The molecule has 0 heterocycles. The summed E-state index contributed by atoms with van der Waals surface area (Å²) in [6.07, 6.45) is 0.465. The van der Waals surface area contributed by atoms with E-state index in [4.69, 9.17) is 17.0 Å². The lowest BCUT2D eigenvalue weighted by molar-refractivity contribution is 0.0951. The fourth-order valence-corrected chi connectivity index (χ4v) is 4.67. The van der Waals surface area contributed by atoms with E-state index in [1.54, 1.807) is 32.2 Å². The summed E-state index contributed by atoms with van der Waals surface area (Å²) < 4.78 is 32.9. The van der Waals surface area contributed by atoms with Crippen LogP contribution in [0.1, 0.15) is 47.8 Å². The number of sulfonamides is 1. The number of carbonyl (C=O) groups is 1. The molecular weight excluding hydrogens is 446 g/mol. The number of amides is 1. The van der Waals surface area contributed by atoms with Crippen LogP contribution in [0, 0.1) is 6.92 Å². The fraction of sp³-hybridized carbons (Fsp3) is 0.391. The molecule has 0 aliphatic carbocycles. The predicted octanol–water partition coefficient (Wildman–Crippen LogP) is 3.06. The van der Waals surface area contributed by atoms with Crippen LogP contribution in [0.2, 0.25) is 0 Å². The van der Waals surface area contributed by atoms with Gasteiger partial charge in [-0.2, -0.15) is 0 Å². The number of aryl methyl sites for hydroxylation is 1. The van der Waals surface area contributed by atoms with Crippen LogP contribution >= 0.6 is 12.2 Å². The van der Waals surface area contributed by atoms with Gasteiger partial charge in [0, 0.05) is 13.6 Å². The molecule has 0 bridgehead atoms. The zero-order chi connectivity index (χ0) is 24.1. The maximum absolute atomic E-state index is 12.8. The third kappa shape index (κ3) is 6.43. The zero-order valence-electron chi connectivity index (χ0n) is 19.3. The fourth-order valence-electron chi connectivity index (χ4n) is 3.09. The highest BCUT2D eigenvalue weighted by atomic mass is 32.2. The molecule has 2 aromatic rings. The summed E-state index contributed by atoms with van der Waals surface area (Å²) in [6.45, 7) is 8.30. The van der Waals surface area contributed by atoms with Crippen LogP contribution in [0.3, 0.4) is 0 Å². The molecular formula is C23H31N3O4S2. The number of carbonyl (C=O) groups excluding carboxylic acids is 1. The van der Waals surface area contributed by atoms with Gasteiger partial charge < -0.3 is 15.4 Å². The van der Waals surface area contributed by atoms with Gasteiger partial charge in [-0.1, -0.05) is 39.0 Å². The van der Waals surface area contributed by atoms with E-state index in [9.17, 15) is 13.2 Å². The van der Waals surface area contributed by atoms with Gasteiger partial charge in [0.15, 0.2) is 5.11 Å². The Morgan fingerprint density at radius 3 is 2.41 bits per heavy atom. The minimum atomic E-state index is -3.79. The van der Waals surface area contributed by atoms with E-state index < -0.39 is 10.0 Å². The number of thiocarbonyl (C=S) groups is 1. The van der Waals surface area contributed by atoms with Crippen molar-refractivity contribution in [3.05, 3.63) is 58.7 Å². The van der Waals surface area contributed by atoms with Crippen LogP contribution in [0.15, 0.2) is 41.3 Å². The summed E-state index contributed by atoms with van der Waals surface area (Å²) in [5.41, 5.74) is 2.78. The topological polar surface area (TPSA) is 96.5 Å². The van der Waals surface area contributed by atoms with Crippen molar-refractivity contribution in [1.29, 1.82) is 0 Å². The Hall–Kier alpha value is -2.65. The van der Waals surface area contributed by atoms with E-state index in [0.717, 1.165) is 11.1 Å². The number of hydrogen-bond acceptors (Lipinski definition) is 5. The Morgan fingerprint density at radius 1 is 1.12 bits per heavy atom. The summed E-state index contributed by atoms with van der Waals surface area (Å²) in [5, 5.41) is 5.52. The van der Waals surface area contributed by atoms with Crippen molar-refractivity contribution in [2.75, 3.05) is 20.7 Å². The molecule has 0 aliphatic heterocycles. The summed E-state index contributed by atoms with van der Waals surface area (Å²) >= 11 is 4.92. The Balaban J connectivity index is 2.14. The number of nitrogens with one attached hydrogen (secondary N) is 3. The van der Waals surface area contributed by atoms with Gasteiger partial charge in [-0.3, -0.25) is 9.52 Å². The smallest absolute Gasteiger partial charge is 0.263 e. The van der Waals surface area contributed by atoms with Gasteiger partial charge in [0.2, 0.25) is 0 Å². The summed E-state index contributed by atoms with van der Waals surface area (Å²) in [5.74, 6) is 0.264. The van der Waals surface area contributed by atoms with Crippen molar-refractivity contribution in [3.63, 3.8) is 0 Å². The molecule has 0 unspecified atom stereocenters. The van der Waals surface area contributed by atoms with Crippen molar-refractivity contribution in [2.24, 2.45) is 0 Å². The van der Waals surface area contributed by atoms with Crippen LogP contribution < -0.4 is 20.1 Å². The average Bonchev–Trinajstić information content (AvgIpc) is 2.73. The summed E-state index contributed by atoms with van der Waals surface area (Å²) in [6, 6.07) is 10.8. The van der Waals surface area contributed by atoms with Crippen molar-refractivity contribution >= 4 is 33.3 Å². The molecule has 0 fully saturated rings. The van der Waals surface area contributed by atoms with Gasteiger partial charge in [-0.25, -0.2) is 8.42 Å². The number of methoxy groups -OCH3 is 1. The molecule has 7 nitrogen and oxygen atoms in total. The van der Waals surface area contributed by atoms with E-state index in [0.29, 0.717) is 29.8 Å². The lowest BCUT2D eigenvalue weighted by Gasteiger charge is -2.21. The van der Waals surface area contributed by atoms with Gasteiger partial charge in [-0.15, -0.1) is 0 Å². The lowest BCUT2D eigenvalue weighted by Crippen LogP contribution is -2.37. The first-order valence-electron chi connectivity index (χ1n) is 10.2. The molecule has 3 N–H and O–H groups in total. The second kappa shape index (κ2) is 10.3. The van der Waals surface area contributed by atoms with Crippen molar-refractivity contribution < 1.29 is 17.9 Å². The van der Waals surface area contributed by atoms with Gasteiger partial charge >= 0.3 is 0 Å². The van der Waals surface area contributed by atoms with Crippen molar-refractivity contribution in [3.8, 4) is 5.75 Å². The molecule has 0 saturated carbocycles. The number of rotatable bonds is 7. The monoisotopic (exact) mass is 477 g/mol. The molecule has 1 amide bonds. The molecule has 2 rings (SSSR count). The van der Waals surface area contributed by atoms with Gasteiger partial charge in [0.1, 0.15) is 5.75 Å². The molecule has 0 radical (unpaired) electrons. The normalized spacial score (nSPS) is 11.6. The van der Waals surface area contributed by atoms with Crippen LogP contribution in [-0.2, 0) is 21.9 Å². The van der Waals surface area contributed by atoms with Crippen LogP contribution in [0.4, 0.5) is 0 Å². The maximum atomic E-state index is 12.8. The van der Waals surface area contributed by atoms with Gasteiger partial charge in [0.25, 0.3) is 15.9 Å². The van der Waals surface area contributed by atoms with Crippen LogP contribution in [0.25, 0.3) is 0 Å². The second-order valence-corrected chi connectivity index (χ2v) is 10.5. The van der Waals surface area contributed by atoms with Crippen LogP contribution in [-0.4, -0.2) is 40.1 Å². The Bertz CT molecular complexity index is 1110. The standard InChI is InChI=1S/C23H31N3O4S2/c1-15-7-8-16(13-20(15)32(28,29)26-22(31)24-5)11-12-25-21(27)18-14-17(23(2,3)4)9-10-19(18)30-6/h7-10,13-14H,11-12H2,1-6H3,(H,25,27)(H2,24,26,31). The average molecular weight is 478 g/mol. The maximum Gasteiger partial charge on any atom is 0.263 e. The quantitative estimate of drug-likeness (QED) is 0.531. The van der Waals surface area contributed by atoms with Crippen molar-refractivity contribution in [1.82, 2.24) is 15.4 Å². The molecule has 0 saturated heterocycles. The first-order chi connectivity index (χ1) is 14.9. The number of ether oxygens (including phenoxy) is 1. The van der Waals surface area contributed by atoms with E-state index in [1.165, 1.54) is 7.11 Å². The van der Waals surface area contributed by atoms with E-state index in [2.05, 4.69) is 36.1 Å². The van der Waals surface area contributed by atoms with E-state index in [1.807, 2.05) is 18.2 Å². The zero-order valence-corrected chi connectivity index (χ0v) is 21.0. The van der Waals surface area contributed by atoms with Gasteiger partial charge in [0.05, 0.1) is 17.6 Å². The summed E-state index contributed by atoms with van der Waals surface area (Å²) in [7, 11) is -0.717. The third-order valence-electron chi connectivity index (χ3n) is 5.01. The first-order valence-corrected chi connectivity index (χ1v) is 12.1. The van der Waals surface area contributed by atoms with Gasteiger partial charge in [-0.05, 0) is 65.9 Å². The first kappa shape index (κ1) is 25.6. The third-order valence-corrected chi connectivity index (χ3v) is 6.93. The highest BCUT2D eigenvalue weighted by Gasteiger charge is 2.20. The molecule has 0 spiro atoms. The number of hydrogen-bond donors (Lipinski definition) is 3. The lowest BCUT2D eigenvalue weighted by atomic mass is 9.86. The Morgan fingerprint density at radius 2 is 1.81 bits per heavy atom. The van der Waals surface area contributed by atoms with E-state index >= 15 is 0 Å². The predicted molar refractivity (Wildman–Crippen MR) is 131 cm³/mol. The second-order valence-electron chi connectivity index (χ2n) is 8.46. The molecule has 9 heteroatoms. The molecule has 2 aromatic carbocycles. The SMILES string of the molecule is CNC(=S)NS(=O)(=O)c1cc(CCNC(=O)c2cc(C(C)(C)C)ccc2OC)ccc1C. The molecule has 32 heavy (non-hydrogen) atoms. The molecule has 0 aliphatic rings. The van der Waals surface area contributed by atoms with Crippen molar-refractivity contribution in [2.45, 2.75) is 44.4 Å². The molecule has 174 valence electrons. The number of benzene rings is 2. The minimum Gasteiger partial charge on any atom is -0.496 e. The molecule has 0 atom stereocenters. The largest absolute Gasteiger partial charge is 0.496 e. The van der Waals surface area contributed by atoms with Crippen LogP contribution in [0.5, 0.6) is 5.75 Å².